The molecule has 1 atom stereocenters. The Labute approximate surface area is 80.3 Å². The summed E-state index contributed by atoms with van der Waals surface area (Å²) in [6.07, 6.45) is 0. The quantitative estimate of drug-likeness (QED) is 0.706. The number of hydrogen-bond acceptors (Lipinski definition) is 1. The molecule has 0 aliphatic carbocycles. The maximum atomic E-state index is 3.37. The number of fused-ring (bicyclic) bond motifs is 1. The summed E-state index contributed by atoms with van der Waals surface area (Å²) in [5, 5.41) is 3.37. The Morgan fingerprint density at radius 1 is 1.55 bits per heavy atom. The second-order valence-electron chi connectivity index (χ2n) is 3.01. The van der Waals surface area contributed by atoms with E-state index < -0.39 is 0 Å². The molecule has 0 fully saturated rings. The highest BCUT2D eigenvalue weighted by Gasteiger charge is 2.16. The van der Waals surface area contributed by atoms with Crippen LogP contribution in [0.25, 0.3) is 0 Å². The molecule has 11 heavy (non-hydrogen) atoms. The average molecular weight is 259 g/mol. The second-order valence-corrected chi connectivity index (χ2v) is 4.26. The van der Waals surface area contributed by atoms with E-state index in [2.05, 4.69) is 53.0 Å². The van der Waals surface area contributed by atoms with Crippen molar-refractivity contribution in [3.05, 3.63) is 27.3 Å². The molecule has 0 amide bonds. The van der Waals surface area contributed by atoms with Gasteiger partial charge in [0.25, 0.3) is 0 Å². The molecule has 1 aliphatic heterocycles. The van der Waals surface area contributed by atoms with Gasteiger partial charge in [0, 0.05) is 21.7 Å². The number of rotatable bonds is 0. The lowest BCUT2D eigenvalue weighted by atomic mass is 10.0. The van der Waals surface area contributed by atoms with Gasteiger partial charge in [0.1, 0.15) is 0 Å². The molecule has 1 aromatic carbocycles. The van der Waals surface area contributed by atoms with E-state index >= 15 is 0 Å². The monoisotopic (exact) mass is 259 g/mol. The summed E-state index contributed by atoms with van der Waals surface area (Å²) in [6.45, 7) is 3.35. The van der Waals surface area contributed by atoms with Crippen LogP contribution in [0.15, 0.2) is 18.2 Å². The molecule has 2 rings (SSSR count). The summed E-state index contributed by atoms with van der Waals surface area (Å²) in [4.78, 5) is 0. The van der Waals surface area contributed by atoms with Crippen molar-refractivity contribution in [3.8, 4) is 0 Å². The first kappa shape index (κ1) is 7.40. The van der Waals surface area contributed by atoms with Crippen LogP contribution < -0.4 is 5.32 Å². The van der Waals surface area contributed by atoms with Crippen LogP contribution in [0.1, 0.15) is 18.4 Å². The van der Waals surface area contributed by atoms with E-state index in [1.165, 1.54) is 14.8 Å². The molecular formula is C9H10IN. The van der Waals surface area contributed by atoms with Gasteiger partial charge in [-0.3, -0.25) is 0 Å². The lowest BCUT2D eigenvalue weighted by Gasteiger charge is -2.01. The van der Waals surface area contributed by atoms with E-state index in [-0.39, 0.29) is 0 Å². The first-order valence-corrected chi connectivity index (χ1v) is 4.88. The van der Waals surface area contributed by atoms with E-state index in [1.54, 1.807) is 0 Å². The highest BCUT2D eigenvalue weighted by Crippen LogP contribution is 2.31. The van der Waals surface area contributed by atoms with Crippen molar-refractivity contribution in [3.63, 3.8) is 0 Å². The van der Waals surface area contributed by atoms with E-state index in [0.29, 0.717) is 5.92 Å². The van der Waals surface area contributed by atoms with Gasteiger partial charge in [0.2, 0.25) is 0 Å². The summed E-state index contributed by atoms with van der Waals surface area (Å²) >= 11 is 2.36. The SMILES string of the molecule is CC1CNc2ccc(I)cc21. The number of hydrogen-bond donors (Lipinski definition) is 1. The molecule has 0 spiro atoms. The first-order valence-electron chi connectivity index (χ1n) is 3.80. The molecule has 1 unspecified atom stereocenters. The Hall–Kier alpha value is -0.250. The largest absolute Gasteiger partial charge is 0.384 e. The van der Waals surface area contributed by atoms with Gasteiger partial charge in [-0.1, -0.05) is 6.92 Å². The zero-order valence-electron chi connectivity index (χ0n) is 6.39. The molecule has 0 saturated heterocycles. The van der Waals surface area contributed by atoms with E-state index in [4.69, 9.17) is 0 Å². The van der Waals surface area contributed by atoms with Crippen LogP contribution in [-0.4, -0.2) is 6.54 Å². The third-order valence-electron chi connectivity index (χ3n) is 2.14. The molecule has 1 nitrogen and oxygen atoms in total. The lowest BCUT2D eigenvalue weighted by Crippen LogP contribution is -1.95. The molecule has 1 aromatic rings. The molecule has 0 radical (unpaired) electrons. The van der Waals surface area contributed by atoms with Crippen molar-refractivity contribution >= 4 is 28.3 Å². The molecule has 1 heterocycles. The fraction of sp³-hybridized carbons (Fsp3) is 0.333. The maximum absolute atomic E-state index is 3.37. The number of nitrogens with one attached hydrogen (secondary N) is 1. The second kappa shape index (κ2) is 2.66. The third-order valence-corrected chi connectivity index (χ3v) is 2.81. The highest BCUT2D eigenvalue weighted by molar-refractivity contribution is 14.1. The Morgan fingerprint density at radius 2 is 2.36 bits per heavy atom. The van der Waals surface area contributed by atoms with Crippen LogP contribution in [0, 0.1) is 3.57 Å². The minimum atomic E-state index is 0.680. The Balaban J connectivity index is 2.52. The zero-order valence-corrected chi connectivity index (χ0v) is 8.55. The maximum Gasteiger partial charge on any atom is 0.0377 e. The van der Waals surface area contributed by atoms with Gasteiger partial charge >= 0.3 is 0 Å². The van der Waals surface area contributed by atoms with Crippen molar-refractivity contribution in [1.82, 2.24) is 0 Å². The smallest absolute Gasteiger partial charge is 0.0377 e. The van der Waals surface area contributed by atoms with Gasteiger partial charge in [-0.15, -0.1) is 0 Å². The van der Waals surface area contributed by atoms with Crippen LogP contribution >= 0.6 is 22.6 Å². The van der Waals surface area contributed by atoms with E-state index in [1.807, 2.05) is 0 Å². The Morgan fingerprint density at radius 3 is 3.18 bits per heavy atom. The Bertz CT molecular complexity index is 283. The minimum absolute atomic E-state index is 0.680. The predicted octanol–water partition coefficient (Wildman–Crippen LogP) is 2.82. The van der Waals surface area contributed by atoms with Gasteiger partial charge < -0.3 is 5.32 Å². The van der Waals surface area contributed by atoms with Crippen LogP contribution in [0.4, 0.5) is 5.69 Å². The normalized spacial score (nSPS) is 21.1. The van der Waals surface area contributed by atoms with Crippen molar-refractivity contribution < 1.29 is 0 Å². The molecule has 0 aromatic heterocycles. The lowest BCUT2D eigenvalue weighted by molar-refractivity contribution is 0.853. The van der Waals surface area contributed by atoms with Gasteiger partial charge in [0.05, 0.1) is 0 Å². The van der Waals surface area contributed by atoms with E-state index in [9.17, 15) is 0 Å². The van der Waals surface area contributed by atoms with Crippen LogP contribution in [-0.2, 0) is 0 Å². The average Bonchev–Trinajstić information content (AvgIpc) is 2.33. The number of halogens is 1. The topological polar surface area (TPSA) is 12.0 Å². The minimum Gasteiger partial charge on any atom is -0.384 e. The van der Waals surface area contributed by atoms with Crippen molar-refractivity contribution in [2.75, 3.05) is 11.9 Å². The first-order chi connectivity index (χ1) is 5.27. The van der Waals surface area contributed by atoms with E-state index in [0.717, 1.165) is 6.54 Å². The van der Waals surface area contributed by atoms with Crippen LogP contribution in [0.2, 0.25) is 0 Å². The standard InChI is InChI=1S/C9H10IN/c1-6-5-11-9-3-2-7(10)4-8(6)9/h2-4,6,11H,5H2,1H3. The van der Waals surface area contributed by atoms with Crippen molar-refractivity contribution in [2.45, 2.75) is 12.8 Å². The number of anilines is 1. The van der Waals surface area contributed by atoms with Gasteiger partial charge in [-0.05, 0) is 46.4 Å². The van der Waals surface area contributed by atoms with Crippen LogP contribution in [0.3, 0.4) is 0 Å². The fourth-order valence-electron chi connectivity index (χ4n) is 1.48. The van der Waals surface area contributed by atoms with Gasteiger partial charge in [0.15, 0.2) is 0 Å². The summed E-state index contributed by atoms with van der Waals surface area (Å²) in [6, 6.07) is 6.57. The van der Waals surface area contributed by atoms with Crippen LogP contribution in [0.5, 0.6) is 0 Å². The summed E-state index contributed by atoms with van der Waals surface area (Å²) in [5.41, 5.74) is 2.79. The highest BCUT2D eigenvalue weighted by atomic mass is 127. The summed E-state index contributed by atoms with van der Waals surface area (Å²) < 4.78 is 1.33. The third kappa shape index (κ3) is 1.24. The predicted molar refractivity (Wildman–Crippen MR) is 56.1 cm³/mol. The van der Waals surface area contributed by atoms with Gasteiger partial charge in [-0.2, -0.15) is 0 Å². The molecule has 58 valence electrons. The molecule has 1 N–H and O–H groups in total. The molecule has 0 bridgehead atoms. The van der Waals surface area contributed by atoms with Crippen molar-refractivity contribution in [2.24, 2.45) is 0 Å². The molecule has 2 heteroatoms. The summed E-state index contributed by atoms with van der Waals surface area (Å²) in [5.74, 6) is 0.680. The zero-order chi connectivity index (χ0) is 7.84. The van der Waals surface area contributed by atoms with Crippen molar-refractivity contribution in [1.29, 1.82) is 0 Å². The number of benzene rings is 1. The fourth-order valence-corrected chi connectivity index (χ4v) is 1.99. The summed E-state index contributed by atoms with van der Waals surface area (Å²) in [7, 11) is 0. The van der Waals surface area contributed by atoms with Gasteiger partial charge in [-0.25, -0.2) is 0 Å². The molecular weight excluding hydrogens is 249 g/mol. The molecule has 0 saturated carbocycles. The Kier molecular flexibility index (Phi) is 1.79. The molecule has 1 aliphatic rings.